The third-order valence-electron chi connectivity index (χ3n) is 2.77. The van der Waals surface area contributed by atoms with Gasteiger partial charge >= 0.3 is 0 Å². The van der Waals surface area contributed by atoms with Gasteiger partial charge in [-0.3, -0.25) is 0 Å². The van der Waals surface area contributed by atoms with E-state index in [9.17, 15) is 0 Å². The Morgan fingerprint density at radius 3 is 2.78 bits per heavy atom. The molecule has 1 aromatic carbocycles. The molecular weight excluding hydrogens is 287 g/mol. The number of nitrogens with zero attached hydrogens (tertiary/aromatic N) is 1. The lowest BCUT2D eigenvalue weighted by atomic mass is 9.99. The Morgan fingerprint density at radius 1 is 1.44 bits per heavy atom. The summed E-state index contributed by atoms with van der Waals surface area (Å²) in [6.07, 6.45) is 1.75. The molecule has 0 heterocycles. The van der Waals surface area contributed by atoms with Gasteiger partial charge in [-0.05, 0) is 50.8 Å². The van der Waals surface area contributed by atoms with Crippen molar-refractivity contribution in [3.63, 3.8) is 0 Å². The molecule has 2 nitrogen and oxygen atoms in total. The van der Waals surface area contributed by atoms with E-state index in [0.717, 1.165) is 28.5 Å². The van der Waals surface area contributed by atoms with Crippen molar-refractivity contribution >= 4 is 35.0 Å². The number of nitriles is 1. The van der Waals surface area contributed by atoms with Gasteiger partial charge in [0.15, 0.2) is 0 Å². The lowest BCUT2D eigenvalue weighted by molar-refractivity contribution is 0.451. The molecule has 1 atom stereocenters. The van der Waals surface area contributed by atoms with E-state index in [4.69, 9.17) is 28.5 Å². The Hall–Kier alpha value is -0.400. The number of hydrogen-bond acceptors (Lipinski definition) is 3. The summed E-state index contributed by atoms with van der Waals surface area (Å²) in [5.74, 6) is 0.916. The summed E-state index contributed by atoms with van der Waals surface area (Å²) in [7, 11) is 1.81. The topological polar surface area (TPSA) is 35.8 Å². The number of nitrogens with one attached hydrogen (secondary N) is 1. The fourth-order valence-electron chi connectivity index (χ4n) is 1.43. The molecule has 1 rings (SSSR count). The number of halogens is 2. The summed E-state index contributed by atoms with van der Waals surface area (Å²) in [6.45, 7) is 1.91. The molecule has 0 saturated carbocycles. The van der Waals surface area contributed by atoms with Gasteiger partial charge in [0.05, 0.1) is 11.1 Å². The van der Waals surface area contributed by atoms with E-state index < -0.39 is 5.54 Å². The zero-order chi connectivity index (χ0) is 13.6. The summed E-state index contributed by atoms with van der Waals surface area (Å²) in [5.41, 5.74) is -0.446. The van der Waals surface area contributed by atoms with Crippen LogP contribution in [0.2, 0.25) is 10.0 Å². The minimum atomic E-state index is -0.446. The van der Waals surface area contributed by atoms with Crippen molar-refractivity contribution in [2.24, 2.45) is 0 Å². The van der Waals surface area contributed by atoms with Crippen LogP contribution < -0.4 is 5.32 Å². The minimum absolute atomic E-state index is 0.446. The first-order valence-corrected chi connectivity index (χ1v) is 7.43. The summed E-state index contributed by atoms with van der Waals surface area (Å²) in [6, 6.07) is 7.74. The van der Waals surface area contributed by atoms with Crippen molar-refractivity contribution < 1.29 is 0 Å². The lowest BCUT2D eigenvalue weighted by Gasteiger charge is -2.20. The van der Waals surface area contributed by atoms with Crippen LogP contribution in [0, 0.1) is 11.3 Å². The van der Waals surface area contributed by atoms with E-state index in [1.54, 1.807) is 23.9 Å². The predicted molar refractivity (Wildman–Crippen MR) is 79.5 cm³/mol. The summed E-state index contributed by atoms with van der Waals surface area (Å²) in [5, 5.41) is 13.5. The Kier molecular flexibility index (Phi) is 6.31. The molecule has 0 bridgehead atoms. The Bertz CT molecular complexity index is 445. The average molecular weight is 303 g/mol. The van der Waals surface area contributed by atoms with Gasteiger partial charge in [0.2, 0.25) is 0 Å². The van der Waals surface area contributed by atoms with Crippen LogP contribution >= 0.6 is 35.0 Å². The van der Waals surface area contributed by atoms with Crippen LogP contribution in [0.15, 0.2) is 23.1 Å². The zero-order valence-electron chi connectivity index (χ0n) is 10.5. The smallest absolute Gasteiger partial charge is 0.103 e. The van der Waals surface area contributed by atoms with E-state index in [1.807, 2.05) is 20.0 Å². The van der Waals surface area contributed by atoms with E-state index >= 15 is 0 Å². The number of thioether (sulfide) groups is 1. The van der Waals surface area contributed by atoms with Crippen LogP contribution in [-0.4, -0.2) is 18.3 Å². The molecule has 0 radical (unpaired) electrons. The second-order valence-corrected chi connectivity index (χ2v) is 6.20. The molecule has 0 saturated heterocycles. The lowest BCUT2D eigenvalue weighted by Crippen LogP contribution is -2.37. The monoisotopic (exact) mass is 302 g/mol. The van der Waals surface area contributed by atoms with Crippen LogP contribution in [0.3, 0.4) is 0 Å². The molecule has 0 amide bonds. The maximum absolute atomic E-state index is 9.02. The van der Waals surface area contributed by atoms with Crippen LogP contribution in [0.1, 0.15) is 19.8 Å². The second-order valence-electron chi connectivity index (χ2n) is 4.22. The first kappa shape index (κ1) is 15.7. The molecule has 1 unspecified atom stereocenters. The Balaban J connectivity index is 2.43. The largest absolute Gasteiger partial charge is 0.303 e. The SMILES string of the molecule is CNC(C)(C#N)CCCSc1cc(Cl)ccc1Cl. The molecule has 0 aliphatic carbocycles. The normalized spacial score (nSPS) is 13.9. The highest BCUT2D eigenvalue weighted by atomic mass is 35.5. The van der Waals surface area contributed by atoms with Crippen molar-refractivity contribution in [1.82, 2.24) is 5.32 Å². The van der Waals surface area contributed by atoms with Crippen molar-refractivity contribution in [2.75, 3.05) is 12.8 Å². The molecule has 0 aliphatic heterocycles. The molecule has 0 aromatic heterocycles. The molecule has 18 heavy (non-hydrogen) atoms. The molecule has 0 fully saturated rings. The van der Waals surface area contributed by atoms with Crippen molar-refractivity contribution in [3.8, 4) is 6.07 Å². The highest BCUT2D eigenvalue weighted by molar-refractivity contribution is 7.99. The fraction of sp³-hybridized carbons (Fsp3) is 0.462. The Labute approximate surface area is 123 Å². The molecule has 1 N–H and O–H groups in total. The number of benzene rings is 1. The maximum Gasteiger partial charge on any atom is 0.103 e. The predicted octanol–water partition coefficient (Wildman–Crippen LogP) is 4.37. The second kappa shape index (κ2) is 7.25. The van der Waals surface area contributed by atoms with Gasteiger partial charge in [-0.1, -0.05) is 23.2 Å². The molecule has 0 spiro atoms. The van der Waals surface area contributed by atoms with E-state index in [-0.39, 0.29) is 0 Å². The molecular formula is C13H16Cl2N2S. The number of hydrogen-bond donors (Lipinski definition) is 1. The van der Waals surface area contributed by atoms with Crippen molar-refractivity contribution in [3.05, 3.63) is 28.2 Å². The van der Waals surface area contributed by atoms with Crippen LogP contribution in [0.4, 0.5) is 0 Å². The van der Waals surface area contributed by atoms with Gasteiger partial charge < -0.3 is 5.32 Å². The first-order chi connectivity index (χ1) is 8.50. The summed E-state index contributed by atoms with van der Waals surface area (Å²) < 4.78 is 0. The average Bonchev–Trinajstić information content (AvgIpc) is 2.38. The van der Waals surface area contributed by atoms with E-state index in [2.05, 4.69) is 11.4 Å². The maximum atomic E-state index is 9.02. The Morgan fingerprint density at radius 2 is 2.17 bits per heavy atom. The van der Waals surface area contributed by atoms with Crippen molar-refractivity contribution in [1.29, 1.82) is 5.26 Å². The van der Waals surface area contributed by atoms with E-state index in [0.29, 0.717) is 5.02 Å². The summed E-state index contributed by atoms with van der Waals surface area (Å²) >= 11 is 13.7. The third-order valence-corrected chi connectivity index (χ3v) is 4.59. The highest BCUT2D eigenvalue weighted by Gasteiger charge is 2.19. The fourth-order valence-corrected chi connectivity index (χ4v) is 2.88. The van der Waals surface area contributed by atoms with E-state index in [1.165, 1.54) is 0 Å². The van der Waals surface area contributed by atoms with Gasteiger partial charge in [0.1, 0.15) is 5.54 Å². The van der Waals surface area contributed by atoms with Gasteiger partial charge in [-0.15, -0.1) is 11.8 Å². The van der Waals surface area contributed by atoms with Crippen LogP contribution in [-0.2, 0) is 0 Å². The van der Waals surface area contributed by atoms with Gasteiger partial charge in [0.25, 0.3) is 0 Å². The minimum Gasteiger partial charge on any atom is -0.303 e. The molecule has 1 aromatic rings. The number of rotatable bonds is 6. The molecule has 98 valence electrons. The first-order valence-electron chi connectivity index (χ1n) is 5.69. The summed E-state index contributed by atoms with van der Waals surface area (Å²) in [4.78, 5) is 0.993. The van der Waals surface area contributed by atoms with Crippen LogP contribution in [0.25, 0.3) is 0 Å². The van der Waals surface area contributed by atoms with Gasteiger partial charge in [0, 0.05) is 9.92 Å². The zero-order valence-corrected chi connectivity index (χ0v) is 12.8. The van der Waals surface area contributed by atoms with Gasteiger partial charge in [-0.25, -0.2) is 0 Å². The highest BCUT2D eigenvalue weighted by Crippen LogP contribution is 2.30. The van der Waals surface area contributed by atoms with Gasteiger partial charge in [-0.2, -0.15) is 5.26 Å². The molecule has 5 heteroatoms. The quantitative estimate of drug-likeness (QED) is 0.626. The third kappa shape index (κ3) is 4.70. The standard InChI is InChI=1S/C13H16Cl2N2S/c1-13(9-16,17-2)6-3-7-18-12-8-10(14)4-5-11(12)15/h4-5,8,17H,3,6-7H2,1-2H3. The van der Waals surface area contributed by atoms with Crippen LogP contribution in [0.5, 0.6) is 0 Å². The molecule has 0 aliphatic rings. The van der Waals surface area contributed by atoms with Crippen molar-refractivity contribution in [2.45, 2.75) is 30.2 Å².